The van der Waals surface area contributed by atoms with Crippen LogP contribution in [0.5, 0.6) is 5.75 Å². The molecule has 5 aromatic rings. The van der Waals surface area contributed by atoms with Crippen molar-refractivity contribution in [1.29, 1.82) is 0 Å². The van der Waals surface area contributed by atoms with E-state index < -0.39 is 0 Å². The van der Waals surface area contributed by atoms with E-state index in [4.69, 9.17) is 19.8 Å². The van der Waals surface area contributed by atoms with Gasteiger partial charge in [-0.15, -0.1) is 0 Å². The number of hydrogen-bond donors (Lipinski definition) is 1. The van der Waals surface area contributed by atoms with Crippen molar-refractivity contribution in [3.8, 4) is 11.4 Å². The molecule has 0 radical (unpaired) electrons. The second-order valence-electron chi connectivity index (χ2n) is 10.3. The summed E-state index contributed by atoms with van der Waals surface area (Å²) in [7, 11) is 1.72. The molecule has 0 saturated heterocycles. The van der Waals surface area contributed by atoms with Gasteiger partial charge in [0.05, 0.1) is 41.6 Å². The molecular formula is C34H30N6O. The van der Waals surface area contributed by atoms with Crippen LogP contribution in [0.2, 0.25) is 0 Å². The van der Waals surface area contributed by atoms with Crippen molar-refractivity contribution in [2.75, 3.05) is 17.3 Å². The van der Waals surface area contributed by atoms with Crippen molar-refractivity contribution in [1.82, 2.24) is 9.78 Å². The van der Waals surface area contributed by atoms with Crippen LogP contribution in [0.4, 0.5) is 22.9 Å². The van der Waals surface area contributed by atoms with E-state index in [-0.39, 0.29) is 6.04 Å². The maximum atomic E-state index is 5.92. The summed E-state index contributed by atoms with van der Waals surface area (Å²) in [5.41, 5.74) is 9.13. The van der Waals surface area contributed by atoms with Crippen molar-refractivity contribution < 1.29 is 4.74 Å². The Kier molecular flexibility index (Phi) is 5.93. The van der Waals surface area contributed by atoms with Crippen molar-refractivity contribution in [3.05, 3.63) is 125 Å². The fourth-order valence-corrected chi connectivity index (χ4v) is 5.74. The van der Waals surface area contributed by atoms with E-state index in [1.807, 2.05) is 53.2 Å². The quantitative estimate of drug-likeness (QED) is 0.256. The van der Waals surface area contributed by atoms with Gasteiger partial charge in [-0.1, -0.05) is 60.7 Å². The van der Waals surface area contributed by atoms with E-state index in [0.29, 0.717) is 5.84 Å². The number of fused-ring (bicyclic) bond motifs is 4. The molecule has 0 amide bonds. The Morgan fingerprint density at radius 3 is 2.41 bits per heavy atom. The predicted molar refractivity (Wildman–Crippen MR) is 166 cm³/mol. The molecule has 2 aliphatic heterocycles. The highest BCUT2D eigenvalue weighted by Crippen LogP contribution is 2.49. The van der Waals surface area contributed by atoms with Crippen LogP contribution < -0.4 is 15.0 Å². The Labute approximate surface area is 239 Å². The van der Waals surface area contributed by atoms with Crippen LogP contribution in [0.3, 0.4) is 0 Å². The minimum atomic E-state index is -0.252. The van der Waals surface area contributed by atoms with Crippen LogP contribution in [0.25, 0.3) is 5.69 Å². The summed E-state index contributed by atoms with van der Waals surface area (Å²) in [6.45, 7) is 6.27. The Morgan fingerprint density at radius 1 is 0.829 bits per heavy atom. The first-order chi connectivity index (χ1) is 20.0. The average molecular weight is 539 g/mol. The number of methoxy groups -OCH3 is 1. The minimum Gasteiger partial charge on any atom is -0.496 e. The number of amidine groups is 2. The molecule has 7 heteroatoms. The standard InChI is InChI=1S/C34H30N6O/c1-21-13-12-18-26(22(21)2)35-32-34-37-33-30(23(3)38-40(33)24-14-6-5-7-15-24)31(25-16-8-11-20-29(25)41-4)39(34)28-19-10-9-17-27(28)36-32/h5-20,31H,1-4H3,(H,35,36)/t31-/m0/s1. The van der Waals surface area contributed by atoms with Gasteiger partial charge in [0.1, 0.15) is 5.75 Å². The molecule has 202 valence electrons. The lowest BCUT2D eigenvalue weighted by atomic mass is 9.92. The van der Waals surface area contributed by atoms with Crippen LogP contribution in [-0.2, 0) is 0 Å². The molecule has 0 saturated carbocycles. The number of benzene rings is 4. The van der Waals surface area contributed by atoms with Gasteiger partial charge < -0.3 is 15.0 Å². The number of rotatable bonds is 4. The first kappa shape index (κ1) is 24.8. The number of nitrogens with one attached hydrogen (secondary N) is 1. The van der Waals surface area contributed by atoms with Gasteiger partial charge in [-0.05, 0) is 68.3 Å². The molecule has 0 bridgehead atoms. The molecule has 41 heavy (non-hydrogen) atoms. The molecule has 4 aromatic carbocycles. The summed E-state index contributed by atoms with van der Waals surface area (Å²) in [4.78, 5) is 12.8. The third kappa shape index (κ3) is 4.00. The number of hydrogen-bond acceptors (Lipinski definition) is 5. The minimum absolute atomic E-state index is 0.252. The third-order valence-electron chi connectivity index (χ3n) is 7.92. The second kappa shape index (κ2) is 9.78. The molecule has 0 unspecified atom stereocenters. The number of aromatic nitrogens is 2. The van der Waals surface area contributed by atoms with Crippen LogP contribution >= 0.6 is 0 Å². The topological polar surface area (TPSA) is 67.0 Å². The first-order valence-electron chi connectivity index (χ1n) is 13.7. The molecule has 1 aromatic heterocycles. The zero-order chi connectivity index (χ0) is 28.1. The number of anilines is 2. The van der Waals surface area contributed by atoms with Gasteiger partial charge in [0.2, 0.25) is 0 Å². The molecule has 1 N–H and O–H groups in total. The van der Waals surface area contributed by atoms with Crippen molar-refractivity contribution >= 4 is 34.6 Å². The molecule has 1 atom stereocenters. The summed E-state index contributed by atoms with van der Waals surface area (Å²) in [6.07, 6.45) is 0. The van der Waals surface area contributed by atoms with Crippen molar-refractivity contribution in [2.24, 2.45) is 9.98 Å². The van der Waals surface area contributed by atoms with E-state index in [1.54, 1.807) is 7.11 Å². The van der Waals surface area contributed by atoms with E-state index >= 15 is 0 Å². The Morgan fingerprint density at radius 2 is 1.59 bits per heavy atom. The Hall–Kier alpha value is -5.17. The largest absolute Gasteiger partial charge is 0.496 e. The van der Waals surface area contributed by atoms with Crippen molar-refractivity contribution in [2.45, 2.75) is 26.8 Å². The zero-order valence-electron chi connectivity index (χ0n) is 23.5. The van der Waals surface area contributed by atoms with Gasteiger partial charge in [-0.2, -0.15) is 5.10 Å². The van der Waals surface area contributed by atoms with E-state index in [2.05, 4.69) is 79.5 Å². The molecule has 0 aliphatic carbocycles. The summed E-state index contributed by atoms with van der Waals surface area (Å²) in [5.74, 6) is 3.00. The van der Waals surface area contributed by atoms with Gasteiger partial charge >= 0.3 is 0 Å². The number of nitrogens with zero attached hydrogens (tertiary/aromatic N) is 5. The number of ether oxygens (including phenoxy) is 1. The summed E-state index contributed by atoms with van der Waals surface area (Å²) >= 11 is 0. The first-order valence-corrected chi connectivity index (χ1v) is 13.7. The second-order valence-corrected chi connectivity index (χ2v) is 10.3. The van der Waals surface area contributed by atoms with Gasteiger partial charge in [-0.25, -0.2) is 14.7 Å². The van der Waals surface area contributed by atoms with Gasteiger partial charge in [0.15, 0.2) is 17.5 Å². The van der Waals surface area contributed by atoms with Gasteiger partial charge in [0.25, 0.3) is 0 Å². The summed E-state index contributed by atoms with van der Waals surface area (Å²) in [5, 5.41) is 8.63. The highest BCUT2D eigenvalue weighted by atomic mass is 16.5. The summed E-state index contributed by atoms with van der Waals surface area (Å²) in [6, 6.07) is 32.6. The third-order valence-corrected chi connectivity index (χ3v) is 7.92. The molecule has 7 nitrogen and oxygen atoms in total. The monoisotopic (exact) mass is 538 g/mol. The Balaban J connectivity index is 1.56. The highest BCUT2D eigenvalue weighted by Gasteiger charge is 2.42. The molecule has 0 fully saturated rings. The molecular weight excluding hydrogens is 508 g/mol. The maximum Gasteiger partial charge on any atom is 0.179 e. The smallest absolute Gasteiger partial charge is 0.179 e. The summed E-state index contributed by atoms with van der Waals surface area (Å²) < 4.78 is 7.86. The fraction of sp³-hybridized carbons (Fsp3) is 0.147. The molecule has 2 aliphatic rings. The number of aliphatic imine (C=N–C) groups is 2. The van der Waals surface area contributed by atoms with Gasteiger partial charge in [0, 0.05) is 11.1 Å². The lowest BCUT2D eigenvalue weighted by Gasteiger charge is -2.42. The van der Waals surface area contributed by atoms with E-state index in [0.717, 1.165) is 62.5 Å². The van der Waals surface area contributed by atoms with Crippen LogP contribution in [0, 0.1) is 20.8 Å². The van der Waals surface area contributed by atoms with Crippen LogP contribution in [0.1, 0.15) is 34.0 Å². The van der Waals surface area contributed by atoms with Crippen LogP contribution in [-0.4, -0.2) is 28.6 Å². The lowest BCUT2D eigenvalue weighted by Crippen LogP contribution is -2.48. The maximum absolute atomic E-state index is 5.92. The number of aryl methyl sites for hydroxylation is 2. The fourth-order valence-electron chi connectivity index (χ4n) is 5.74. The van der Waals surface area contributed by atoms with E-state index in [9.17, 15) is 0 Å². The highest BCUT2D eigenvalue weighted by molar-refractivity contribution is 6.52. The number of para-hydroxylation sites is 4. The molecule has 7 rings (SSSR count). The SMILES string of the molecule is COc1ccccc1[C@H]1c2c(C)nn(-c3ccccc3)c2N=C2C(=Nc3cccc(C)c3C)Nc3ccccc3N21. The van der Waals surface area contributed by atoms with Crippen molar-refractivity contribution in [3.63, 3.8) is 0 Å². The molecule has 0 spiro atoms. The predicted octanol–water partition coefficient (Wildman–Crippen LogP) is 7.60. The molecule has 3 heterocycles. The van der Waals surface area contributed by atoms with Crippen LogP contribution in [0.15, 0.2) is 107 Å². The van der Waals surface area contributed by atoms with E-state index in [1.165, 1.54) is 5.56 Å². The Bertz CT molecular complexity index is 1850. The van der Waals surface area contributed by atoms with Gasteiger partial charge in [-0.3, -0.25) is 0 Å². The lowest BCUT2D eigenvalue weighted by molar-refractivity contribution is 0.407. The average Bonchev–Trinajstić information content (AvgIpc) is 3.34. The zero-order valence-corrected chi connectivity index (χ0v) is 23.5. The normalized spacial score (nSPS) is 16.4.